The molecule has 0 radical (unpaired) electrons. The fourth-order valence-electron chi connectivity index (χ4n) is 3.55. The number of aryl methyl sites for hydroxylation is 2. The Hall–Kier alpha value is -0.940. The van der Waals surface area contributed by atoms with Gasteiger partial charge in [0.1, 0.15) is 4.83 Å². The first-order chi connectivity index (χ1) is 9.97. The van der Waals surface area contributed by atoms with Gasteiger partial charge in [-0.15, -0.1) is 11.3 Å². The van der Waals surface area contributed by atoms with Gasteiger partial charge in [-0.05, 0) is 61.2 Å². The predicted molar refractivity (Wildman–Crippen MR) is 89.8 cm³/mol. The molecule has 4 rings (SSSR count). The lowest BCUT2D eigenvalue weighted by atomic mass is 9.97. The topological polar surface area (TPSA) is 37.8 Å². The maximum Gasteiger partial charge on any atom is 0.263 e. The zero-order valence-electron chi connectivity index (χ0n) is 12.5. The van der Waals surface area contributed by atoms with Gasteiger partial charge in [0, 0.05) is 11.4 Å². The molecule has 0 bridgehead atoms. The highest BCUT2D eigenvalue weighted by atomic mass is 32.1. The van der Waals surface area contributed by atoms with Gasteiger partial charge in [0.05, 0.1) is 5.39 Å². The van der Waals surface area contributed by atoms with Crippen LogP contribution in [-0.2, 0) is 19.4 Å². The Morgan fingerprint density at radius 3 is 2.81 bits per heavy atom. The average Bonchev–Trinajstić information content (AvgIpc) is 2.87. The van der Waals surface area contributed by atoms with Crippen LogP contribution in [0.3, 0.4) is 0 Å². The number of thiophene rings is 1. The standard InChI is InChI=1S/C16H20N2OS2/c1-16(2)7-9(16)8-18-14(19)12-10-5-3-4-6-11(10)21-13(12)17-15(18)20/h9H,3-8H2,1-2H3,(H,17,20). The first-order valence-corrected chi connectivity index (χ1v) is 8.97. The van der Waals surface area contributed by atoms with Crippen molar-refractivity contribution in [1.29, 1.82) is 0 Å². The highest BCUT2D eigenvalue weighted by molar-refractivity contribution is 7.71. The van der Waals surface area contributed by atoms with Crippen molar-refractivity contribution in [1.82, 2.24) is 9.55 Å². The third-order valence-electron chi connectivity index (χ3n) is 5.22. The first-order valence-electron chi connectivity index (χ1n) is 7.75. The fourth-order valence-corrected chi connectivity index (χ4v) is 5.15. The van der Waals surface area contributed by atoms with Gasteiger partial charge < -0.3 is 4.98 Å². The van der Waals surface area contributed by atoms with Crippen molar-refractivity contribution in [2.75, 3.05) is 0 Å². The quantitative estimate of drug-likeness (QED) is 0.848. The van der Waals surface area contributed by atoms with E-state index in [0.717, 1.165) is 29.6 Å². The Morgan fingerprint density at radius 1 is 1.38 bits per heavy atom. The molecule has 2 aromatic rings. The maximum absolute atomic E-state index is 12.9. The van der Waals surface area contributed by atoms with Crippen LogP contribution in [0.15, 0.2) is 4.79 Å². The number of nitrogens with zero attached hydrogens (tertiary/aromatic N) is 1. The SMILES string of the molecule is CC1(C)CC1Cn1c(=S)[nH]c2sc3c(c2c1=O)CCCC3. The molecule has 0 amide bonds. The van der Waals surface area contributed by atoms with Gasteiger partial charge in [-0.25, -0.2) is 0 Å². The molecular formula is C16H20N2OS2. The Labute approximate surface area is 133 Å². The summed E-state index contributed by atoms with van der Waals surface area (Å²) in [6.45, 7) is 5.29. The second-order valence-corrected chi connectivity index (χ2v) is 8.64. The molecule has 0 spiro atoms. The molecule has 3 nitrogen and oxygen atoms in total. The van der Waals surface area contributed by atoms with Crippen molar-refractivity contribution >= 4 is 33.8 Å². The number of aromatic amines is 1. The van der Waals surface area contributed by atoms with Crippen molar-refractivity contribution in [2.24, 2.45) is 11.3 Å². The molecule has 2 aliphatic carbocycles. The summed E-state index contributed by atoms with van der Waals surface area (Å²) in [6, 6.07) is 0. The Bertz CT molecular complexity index is 840. The lowest BCUT2D eigenvalue weighted by Gasteiger charge is -2.11. The second-order valence-electron chi connectivity index (χ2n) is 7.15. The molecular weight excluding hydrogens is 300 g/mol. The van der Waals surface area contributed by atoms with E-state index in [2.05, 4.69) is 18.8 Å². The molecule has 1 saturated carbocycles. The van der Waals surface area contributed by atoms with Crippen molar-refractivity contribution in [2.45, 2.75) is 52.5 Å². The van der Waals surface area contributed by atoms with Gasteiger partial charge in [-0.1, -0.05) is 13.8 Å². The first kappa shape index (κ1) is 13.7. The van der Waals surface area contributed by atoms with Crippen LogP contribution in [0.5, 0.6) is 0 Å². The largest absolute Gasteiger partial charge is 0.323 e. The van der Waals surface area contributed by atoms with Gasteiger partial charge in [-0.2, -0.15) is 0 Å². The van der Waals surface area contributed by atoms with Crippen molar-refractivity contribution in [3.05, 3.63) is 25.6 Å². The molecule has 1 N–H and O–H groups in total. The lowest BCUT2D eigenvalue weighted by Crippen LogP contribution is -2.24. The summed E-state index contributed by atoms with van der Waals surface area (Å²) in [6.07, 6.45) is 5.79. The van der Waals surface area contributed by atoms with Crippen LogP contribution >= 0.6 is 23.6 Å². The zero-order valence-corrected chi connectivity index (χ0v) is 14.1. The summed E-state index contributed by atoms with van der Waals surface area (Å²) in [5.41, 5.74) is 1.79. The molecule has 112 valence electrons. The number of fused-ring (bicyclic) bond motifs is 3. The van der Waals surface area contributed by atoms with Crippen molar-refractivity contribution < 1.29 is 0 Å². The molecule has 0 aliphatic heterocycles. The Balaban J connectivity index is 1.88. The van der Waals surface area contributed by atoms with E-state index >= 15 is 0 Å². The number of nitrogens with one attached hydrogen (secondary N) is 1. The monoisotopic (exact) mass is 320 g/mol. The lowest BCUT2D eigenvalue weighted by molar-refractivity contribution is 0.486. The van der Waals surface area contributed by atoms with Crippen LogP contribution in [-0.4, -0.2) is 9.55 Å². The number of hydrogen-bond acceptors (Lipinski definition) is 3. The third kappa shape index (κ3) is 2.13. The average molecular weight is 320 g/mol. The van der Waals surface area contributed by atoms with E-state index in [4.69, 9.17) is 12.2 Å². The van der Waals surface area contributed by atoms with Gasteiger partial charge in [0.15, 0.2) is 4.77 Å². The third-order valence-corrected chi connectivity index (χ3v) is 6.75. The smallest absolute Gasteiger partial charge is 0.263 e. The number of rotatable bonds is 2. The van der Waals surface area contributed by atoms with E-state index in [1.807, 2.05) is 0 Å². The molecule has 2 aliphatic rings. The van der Waals surface area contributed by atoms with Gasteiger partial charge >= 0.3 is 0 Å². The number of hydrogen-bond donors (Lipinski definition) is 1. The minimum atomic E-state index is 0.135. The van der Waals surface area contributed by atoms with E-state index in [0.29, 0.717) is 16.1 Å². The molecule has 1 fully saturated rings. The van der Waals surface area contributed by atoms with E-state index in [1.165, 1.54) is 29.7 Å². The predicted octanol–water partition coefficient (Wildman–Crippen LogP) is 4.05. The minimum absolute atomic E-state index is 0.135. The summed E-state index contributed by atoms with van der Waals surface area (Å²) < 4.78 is 2.40. The summed E-state index contributed by atoms with van der Waals surface area (Å²) in [7, 11) is 0. The molecule has 1 atom stereocenters. The van der Waals surface area contributed by atoms with Crippen LogP contribution < -0.4 is 5.56 Å². The molecule has 2 heterocycles. The van der Waals surface area contributed by atoms with Crippen molar-refractivity contribution in [3.8, 4) is 0 Å². The Kier molecular flexibility index (Phi) is 2.95. The van der Waals surface area contributed by atoms with Crippen LogP contribution in [0.2, 0.25) is 0 Å². The molecule has 2 aromatic heterocycles. The van der Waals surface area contributed by atoms with Gasteiger partial charge in [-0.3, -0.25) is 9.36 Å². The molecule has 1 unspecified atom stereocenters. The molecule has 21 heavy (non-hydrogen) atoms. The van der Waals surface area contributed by atoms with Crippen LogP contribution in [0.25, 0.3) is 10.2 Å². The summed E-state index contributed by atoms with van der Waals surface area (Å²) in [5.74, 6) is 0.581. The van der Waals surface area contributed by atoms with E-state index in [9.17, 15) is 4.79 Å². The summed E-state index contributed by atoms with van der Waals surface area (Å²) in [5, 5.41) is 0.918. The summed E-state index contributed by atoms with van der Waals surface area (Å²) >= 11 is 7.18. The normalized spacial score (nSPS) is 23.2. The molecule has 5 heteroatoms. The van der Waals surface area contributed by atoms with Gasteiger partial charge in [0.2, 0.25) is 0 Å². The maximum atomic E-state index is 12.9. The minimum Gasteiger partial charge on any atom is -0.323 e. The van der Waals surface area contributed by atoms with Crippen molar-refractivity contribution in [3.63, 3.8) is 0 Å². The number of H-pyrrole nitrogens is 1. The Morgan fingerprint density at radius 2 is 2.10 bits per heavy atom. The zero-order chi connectivity index (χ0) is 14.8. The molecule has 0 aromatic carbocycles. The van der Waals surface area contributed by atoms with E-state index in [-0.39, 0.29) is 5.56 Å². The van der Waals surface area contributed by atoms with E-state index < -0.39 is 0 Å². The fraction of sp³-hybridized carbons (Fsp3) is 0.625. The molecule has 0 saturated heterocycles. The van der Waals surface area contributed by atoms with E-state index in [1.54, 1.807) is 15.9 Å². The second kappa shape index (κ2) is 4.53. The highest BCUT2D eigenvalue weighted by Crippen LogP contribution is 2.52. The number of aromatic nitrogens is 2. The van der Waals surface area contributed by atoms with Crippen LogP contribution in [0, 0.1) is 16.1 Å². The van der Waals surface area contributed by atoms with Gasteiger partial charge in [0.25, 0.3) is 5.56 Å². The van der Waals surface area contributed by atoms with Crippen LogP contribution in [0.1, 0.15) is 43.6 Å². The van der Waals surface area contributed by atoms with Crippen LogP contribution in [0.4, 0.5) is 0 Å². The highest BCUT2D eigenvalue weighted by Gasteiger charge is 2.45. The summed E-state index contributed by atoms with van der Waals surface area (Å²) in [4.78, 5) is 18.6.